The van der Waals surface area contributed by atoms with Crippen LogP contribution in [0.3, 0.4) is 0 Å². The molecule has 94 valence electrons. The third-order valence-corrected chi connectivity index (χ3v) is 3.73. The lowest BCUT2D eigenvalue weighted by Crippen LogP contribution is -2.40. The number of hydrogen-bond acceptors (Lipinski definition) is 3. The molecule has 1 saturated heterocycles. The SMILES string of the molecule is CC1CCN(c2cc([C@H](C)N)ccn2)C(C)C1. The highest BCUT2D eigenvalue weighted by Crippen LogP contribution is 2.27. The third-order valence-electron chi connectivity index (χ3n) is 3.73. The van der Waals surface area contributed by atoms with Gasteiger partial charge in [-0.05, 0) is 50.3 Å². The maximum atomic E-state index is 5.92. The van der Waals surface area contributed by atoms with Crippen molar-refractivity contribution in [2.75, 3.05) is 11.4 Å². The van der Waals surface area contributed by atoms with Gasteiger partial charge in [-0.25, -0.2) is 4.98 Å². The second kappa shape index (κ2) is 5.05. The summed E-state index contributed by atoms with van der Waals surface area (Å²) < 4.78 is 0. The summed E-state index contributed by atoms with van der Waals surface area (Å²) in [6.45, 7) is 7.74. The number of rotatable bonds is 2. The van der Waals surface area contributed by atoms with E-state index in [1.807, 2.05) is 19.2 Å². The largest absolute Gasteiger partial charge is 0.354 e. The lowest BCUT2D eigenvalue weighted by Gasteiger charge is -2.37. The number of anilines is 1. The molecule has 0 radical (unpaired) electrons. The molecule has 3 heteroatoms. The number of aromatic nitrogens is 1. The van der Waals surface area contributed by atoms with Crippen LogP contribution in [0.2, 0.25) is 0 Å². The smallest absolute Gasteiger partial charge is 0.129 e. The van der Waals surface area contributed by atoms with E-state index in [9.17, 15) is 0 Å². The topological polar surface area (TPSA) is 42.1 Å². The van der Waals surface area contributed by atoms with Crippen LogP contribution in [0.4, 0.5) is 5.82 Å². The Morgan fingerprint density at radius 1 is 1.47 bits per heavy atom. The predicted molar refractivity (Wildman–Crippen MR) is 72.0 cm³/mol. The van der Waals surface area contributed by atoms with Gasteiger partial charge < -0.3 is 10.6 Å². The molecule has 1 aromatic heterocycles. The van der Waals surface area contributed by atoms with Crippen LogP contribution in [0.1, 0.15) is 45.2 Å². The molecule has 1 aliphatic rings. The van der Waals surface area contributed by atoms with Gasteiger partial charge in [0.05, 0.1) is 0 Å². The Kier molecular flexibility index (Phi) is 3.67. The molecule has 2 rings (SSSR count). The number of hydrogen-bond donors (Lipinski definition) is 1. The van der Waals surface area contributed by atoms with Gasteiger partial charge in [-0.1, -0.05) is 6.92 Å². The zero-order valence-corrected chi connectivity index (χ0v) is 11.1. The zero-order chi connectivity index (χ0) is 12.4. The van der Waals surface area contributed by atoms with E-state index in [-0.39, 0.29) is 6.04 Å². The molecule has 1 fully saturated rings. The van der Waals surface area contributed by atoms with Gasteiger partial charge in [0.1, 0.15) is 5.82 Å². The minimum absolute atomic E-state index is 0.0794. The fourth-order valence-corrected chi connectivity index (χ4v) is 2.62. The van der Waals surface area contributed by atoms with Crippen molar-refractivity contribution < 1.29 is 0 Å². The average Bonchev–Trinajstić information content (AvgIpc) is 2.29. The van der Waals surface area contributed by atoms with Gasteiger partial charge in [0, 0.05) is 24.8 Å². The molecule has 0 aliphatic carbocycles. The summed E-state index contributed by atoms with van der Waals surface area (Å²) in [5, 5.41) is 0. The average molecular weight is 233 g/mol. The van der Waals surface area contributed by atoms with E-state index in [0.29, 0.717) is 6.04 Å². The van der Waals surface area contributed by atoms with Crippen LogP contribution in [0, 0.1) is 5.92 Å². The van der Waals surface area contributed by atoms with Crippen LogP contribution in [0.5, 0.6) is 0 Å². The quantitative estimate of drug-likeness (QED) is 0.854. The maximum absolute atomic E-state index is 5.92. The molecule has 1 aliphatic heterocycles. The molecular formula is C14H23N3. The Bertz CT molecular complexity index is 375. The number of pyridine rings is 1. The molecule has 0 amide bonds. The Morgan fingerprint density at radius 3 is 2.88 bits per heavy atom. The Hall–Kier alpha value is -1.09. The van der Waals surface area contributed by atoms with E-state index < -0.39 is 0 Å². The number of nitrogens with two attached hydrogens (primary N) is 1. The van der Waals surface area contributed by atoms with Crippen LogP contribution in [0.15, 0.2) is 18.3 Å². The standard InChI is InChI=1S/C14H23N3/c1-10-5-7-17(11(2)8-10)14-9-13(12(3)15)4-6-16-14/h4,6,9-12H,5,7-8,15H2,1-3H3/t10?,11?,12-/m0/s1. The first-order valence-corrected chi connectivity index (χ1v) is 6.56. The van der Waals surface area contributed by atoms with Crippen molar-refractivity contribution in [3.8, 4) is 0 Å². The monoisotopic (exact) mass is 233 g/mol. The second-order valence-electron chi connectivity index (χ2n) is 5.41. The van der Waals surface area contributed by atoms with Crippen molar-refractivity contribution in [2.45, 2.75) is 45.7 Å². The molecule has 2 N–H and O–H groups in total. The molecule has 2 heterocycles. The van der Waals surface area contributed by atoms with Crippen LogP contribution in [-0.2, 0) is 0 Å². The van der Waals surface area contributed by atoms with Gasteiger partial charge in [-0.2, -0.15) is 0 Å². The van der Waals surface area contributed by atoms with Crippen molar-refractivity contribution in [1.29, 1.82) is 0 Å². The second-order valence-corrected chi connectivity index (χ2v) is 5.41. The zero-order valence-electron chi connectivity index (χ0n) is 11.1. The molecule has 3 atom stereocenters. The van der Waals surface area contributed by atoms with Crippen molar-refractivity contribution in [3.05, 3.63) is 23.9 Å². The Labute approximate surface area is 104 Å². The number of piperidine rings is 1. The van der Waals surface area contributed by atoms with E-state index in [1.165, 1.54) is 18.4 Å². The first-order chi connectivity index (χ1) is 8.08. The predicted octanol–water partition coefficient (Wildman–Crippen LogP) is 2.73. The molecular weight excluding hydrogens is 210 g/mol. The first kappa shape index (κ1) is 12.4. The minimum atomic E-state index is 0.0794. The number of nitrogens with zero attached hydrogens (tertiary/aromatic N) is 2. The Balaban J connectivity index is 2.19. The van der Waals surface area contributed by atoms with Crippen LogP contribution >= 0.6 is 0 Å². The molecule has 3 nitrogen and oxygen atoms in total. The third kappa shape index (κ3) is 2.78. The normalized spacial score (nSPS) is 26.9. The molecule has 0 aromatic carbocycles. The molecule has 0 bridgehead atoms. The van der Waals surface area contributed by atoms with Gasteiger partial charge in [-0.3, -0.25) is 0 Å². The van der Waals surface area contributed by atoms with Crippen molar-refractivity contribution >= 4 is 5.82 Å². The Morgan fingerprint density at radius 2 is 2.24 bits per heavy atom. The maximum Gasteiger partial charge on any atom is 0.129 e. The first-order valence-electron chi connectivity index (χ1n) is 6.56. The van der Waals surface area contributed by atoms with Gasteiger partial charge >= 0.3 is 0 Å². The van der Waals surface area contributed by atoms with Crippen molar-refractivity contribution in [2.24, 2.45) is 11.7 Å². The summed E-state index contributed by atoms with van der Waals surface area (Å²) in [5.74, 6) is 1.91. The van der Waals surface area contributed by atoms with Gasteiger partial charge in [0.15, 0.2) is 0 Å². The van der Waals surface area contributed by atoms with Gasteiger partial charge in [0.2, 0.25) is 0 Å². The summed E-state index contributed by atoms with van der Waals surface area (Å²) in [7, 11) is 0. The summed E-state index contributed by atoms with van der Waals surface area (Å²) >= 11 is 0. The van der Waals surface area contributed by atoms with Crippen LogP contribution in [-0.4, -0.2) is 17.6 Å². The van der Waals surface area contributed by atoms with Gasteiger partial charge in [0.25, 0.3) is 0 Å². The lowest BCUT2D eigenvalue weighted by atomic mass is 9.93. The minimum Gasteiger partial charge on any atom is -0.354 e. The fraction of sp³-hybridized carbons (Fsp3) is 0.643. The van der Waals surface area contributed by atoms with E-state index in [2.05, 4.69) is 29.8 Å². The molecule has 0 spiro atoms. The fourth-order valence-electron chi connectivity index (χ4n) is 2.62. The highest BCUT2D eigenvalue weighted by Gasteiger charge is 2.23. The highest BCUT2D eigenvalue weighted by atomic mass is 15.2. The molecule has 17 heavy (non-hydrogen) atoms. The molecule has 0 saturated carbocycles. The van der Waals surface area contributed by atoms with Gasteiger partial charge in [-0.15, -0.1) is 0 Å². The van der Waals surface area contributed by atoms with Crippen molar-refractivity contribution in [3.63, 3.8) is 0 Å². The van der Waals surface area contributed by atoms with Crippen molar-refractivity contribution in [1.82, 2.24) is 4.98 Å². The van der Waals surface area contributed by atoms with E-state index >= 15 is 0 Å². The highest BCUT2D eigenvalue weighted by molar-refractivity contribution is 5.43. The van der Waals surface area contributed by atoms with E-state index in [0.717, 1.165) is 18.3 Å². The summed E-state index contributed by atoms with van der Waals surface area (Å²) in [6, 6.07) is 4.80. The van der Waals surface area contributed by atoms with E-state index in [4.69, 9.17) is 5.73 Å². The van der Waals surface area contributed by atoms with Crippen LogP contribution in [0.25, 0.3) is 0 Å². The molecule has 1 aromatic rings. The lowest BCUT2D eigenvalue weighted by molar-refractivity contribution is 0.376. The summed E-state index contributed by atoms with van der Waals surface area (Å²) in [4.78, 5) is 6.90. The van der Waals surface area contributed by atoms with E-state index in [1.54, 1.807) is 0 Å². The summed E-state index contributed by atoms with van der Waals surface area (Å²) in [5.41, 5.74) is 7.09. The van der Waals surface area contributed by atoms with Crippen LogP contribution < -0.4 is 10.6 Å². The molecule has 2 unspecified atom stereocenters. The summed E-state index contributed by atoms with van der Waals surface area (Å²) in [6.07, 6.45) is 4.39.